The lowest BCUT2D eigenvalue weighted by Gasteiger charge is -2.39. The molecule has 26 heavy (non-hydrogen) atoms. The van der Waals surface area contributed by atoms with E-state index in [9.17, 15) is 13.9 Å². The molecule has 0 bridgehead atoms. The molecule has 0 aliphatic carbocycles. The van der Waals surface area contributed by atoms with Crippen LogP contribution >= 0.6 is 11.6 Å². The molecule has 3 rings (SSSR count). The molecule has 1 aliphatic rings. The summed E-state index contributed by atoms with van der Waals surface area (Å²) in [5, 5.41) is 13.5. The van der Waals surface area contributed by atoms with Crippen molar-refractivity contribution in [3.8, 4) is 11.8 Å². The number of alkyl halides is 2. The third-order valence-corrected chi connectivity index (χ3v) is 4.89. The van der Waals surface area contributed by atoms with Crippen LogP contribution in [0.25, 0.3) is 0 Å². The molecule has 1 saturated heterocycles. The lowest BCUT2D eigenvalue weighted by molar-refractivity contribution is 0.0566. The number of aliphatic hydroxyl groups is 1. The Kier molecular flexibility index (Phi) is 5.44. The van der Waals surface area contributed by atoms with Gasteiger partial charge < -0.3 is 10.0 Å². The normalized spacial score (nSPS) is 16.5. The van der Waals surface area contributed by atoms with Crippen molar-refractivity contribution in [2.45, 2.75) is 26.3 Å². The second-order valence-corrected chi connectivity index (χ2v) is 7.10. The first kappa shape index (κ1) is 18.6. The van der Waals surface area contributed by atoms with Crippen molar-refractivity contribution >= 4 is 17.3 Å². The molecule has 0 radical (unpaired) electrons. The van der Waals surface area contributed by atoms with Crippen molar-refractivity contribution in [2.75, 3.05) is 24.6 Å². The minimum absolute atomic E-state index is 0.0664. The molecule has 0 spiro atoms. The van der Waals surface area contributed by atoms with Gasteiger partial charge in [-0.3, -0.25) is 0 Å². The number of nitrogens with zero attached hydrogens (tertiary/aromatic N) is 4. The van der Waals surface area contributed by atoms with Crippen LogP contribution in [-0.2, 0) is 0 Å². The summed E-state index contributed by atoms with van der Waals surface area (Å²) in [6, 6.07) is 1.76. The molecule has 138 valence electrons. The molecular weight excluding hydrogens is 362 g/mol. The minimum Gasteiger partial charge on any atom is -0.396 e. The van der Waals surface area contributed by atoms with E-state index in [0.29, 0.717) is 21.0 Å². The highest BCUT2D eigenvalue weighted by atomic mass is 35.5. The monoisotopic (exact) mass is 380 g/mol. The van der Waals surface area contributed by atoms with Crippen LogP contribution < -0.4 is 4.90 Å². The van der Waals surface area contributed by atoms with Crippen molar-refractivity contribution in [1.82, 2.24) is 14.8 Å². The van der Waals surface area contributed by atoms with Gasteiger partial charge in [-0.05, 0) is 18.3 Å². The fourth-order valence-electron chi connectivity index (χ4n) is 2.87. The Bertz CT molecular complexity index is 835. The summed E-state index contributed by atoms with van der Waals surface area (Å²) in [6.45, 7) is 1.10. The molecule has 0 amide bonds. The van der Waals surface area contributed by atoms with Gasteiger partial charge in [-0.2, -0.15) is 13.9 Å². The molecule has 2 aromatic heterocycles. The van der Waals surface area contributed by atoms with E-state index >= 15 is 0 Å². The van der Waals surface area contributed by atoms with Crippen LogP contribution in [0.2, 0.25) is 5.15 Å². The molecule has 5 nitrogen and oxygen atoms in total. The topological polar surface area (TPSA) is 54.2 Å². The van der Waals surface area contributed by atoms with Crippen LogP contribution in [0.1, 0.15) is 37.4 Å². The summed E-state index contributed by atoms with van der Waals surface area (Å²) in [5.41, 5.74) is 1.87. The Hall–Kier alpha value is -2.17. The van der Waals surface area contributed by atoms with Gasteiger partial charge in [0, 0.05) is 38.2 Å². The number of halogens is 3. The van der Waals surface area contributed by atoms with E-state index in [2.05, 4.69) is 33.7 Å². The standard InChI is InChI=1S/C18H19ClF2N4O/c1-18(12-26)4-6-24(7-5-18)15-8-16(19)22-10-14(15)3-2-13-9-23-25(11-13)17(20)21/h8-11,17,26H,4-7,12H2,1H3. The maximum Gasteiger partial charge on any atom is 0.333 e. The SMILES string of the molecule is CC1(CO)CCN(c2cc(Cl)ncc2C#Cc2cnn(C(F)F)c2)CC1. The van der Waals surface area contributed by atoms with Crippen molar-refractivity contribution in [3.05, 3.63) is 40.9 Å². The van der Waals surface area contributed by atoms with E-state index in [4.69, 9.17) is 11.6 Å². The maximum atomic E-state index is 12.6. The smallest absolute Gasteiger partial charge is 0.333 e. The number of rotatable bonds is 3. The van der Waals surface area contributed by atoms with Crippen LogP contribution in [0, 0.1) is 17.3 Å². The Morgan fingerprint density at radius 3 is 2.65 bits per heavy atom. The molecule has 8 heteroatoms. The summed E-state index contributed by atoms with van der Waals surface area (Å²) in [6.07, 6.45) is 5.81. The second kappa shape index (κ2) is 7.60. The van der Waals surface area contributed by atoms with Gasteiger partial charge in [-0.1, -0.05) is 30.4 Å². The van der Waals surface area contributed by atoms with Gasteiger partial charge in [-0.25, -0.2) is 9.67 Å². The molecule has 1 N–H and O–H groups in total. The zero-order chi connectivity index (χ0) is 18.7. The molecule has 1 fully saturated rings. The zero-order valence-electron chi connectivity index (χ0n) is 14.3. The summed E-state index contributed by atoms with van der Waals surface area (Å²) >= 11 is 6.05. The quantitative estimate of drug-likeness (QED) is 0.655. The molecule has 0 atom stereocenters. The maximum absolute atomic E-state index is 12.6. The van der Waals surface area contributed by atoms with Crippen LogP contribution in [0.15, 0.2) is 24.7 Å². The van der Waals surface area contributed by atoms with E-state index in [-0.39, 0.29) is 12.0 Å². The van der Waals surface area contributed by atoms with Gasteiger partial charge in [0.1, 0.15) is 5.15 Å². The van der Waals surface area contributed by atoms with Crippen molar-refractivity contribution in [3.63, 3.8) is 0 Å². The molecular formula is C18H19ClF2N4O. The van der Waals surface area contributed by atoms with Gasteiger partial charge in [0.2, 0.25) is 0 Å². The highest BCUT2D eigenvalue weighted by molar-refractivity contribution is 6.29. The van der Waals surface area contributed by atoms with Crippen LogP contribution in [0.3, 0.4) is 0 Å². The summed E-state index contributed by atoms with van der Waals surface area (Å²) in [4.78, 5) is 6.24. The number of hydrogen-bond donors (Lipinski definition) is 1. The highest BCUT2D eigenvalue weighted by Gasteiger charge is 2.30. The van der Waals surface area contributed by atoms with Gasteiger partial charge >= 0.3 is 6.55 Å². The van der Waals surface area contributed by atoms with E-state index in [1.54, 1.807) is 12.3 Å². The minimum atomic E-state index is -2.69. The zero-order valence-corrected chi connectivity index (χ0v) is 15.0. The summed E-state index contributed by atoms with van der Waals surface area (Å²) in [5.74, 6) is 5.83. The van der Waals surface area contributed by atoms with E-state index in [1.165, 1.54) is 12.4 Å². The average molecular weight is 381 g/mol. The molecule has 1 aliphatic heterocycles. The second-order valence-electron chi connectivity index (χ2n) is 6.72. The highest BCUT2D eigenvalue weighted by Crippen LogP contribution is 2.34. The number of aliphatic hydroxyl groups excluding tert-OH is 1. The Balaban J connectivity index is 1.84. The first-order valence-electron chi connectivity index (χ1n) is 8.26. The van der Waals surface area contributed by atoms with Crippen molar-refractivity contribution in [1.29, 1.82) is 0 Å². The van der Waals surface area contributed by atoms with Crippen molar-refractivity contribution < 1.29 is 13.9 Å². The van der Waals surface area contributed by atoms with Crippen LogP contribution in [0.5, 0.6) is 0 Å². The average Bonchev–Trinajstić information content (AvgIpc) is 3.11. The van der Waals surface area contributed by atoms with E-state index < -0.39 is 6.55 Å². The van der Waals surface area contributed by atoms with E-state index in [1.807, 2.05) is 0 Å². The summed E-state index contributed by atoms with van der Waals surface area (Å²) in [7, 11) is 0. The first-order valence-corrected chi connectivity index (χ1v) is 8.64. The predicted octanol–water partition coefficient (Wildman–Crippen LogP) is 3.33. The number of pyridine rings is 1. The molecule has 0 unspecified atom stereocenters. The molecule has 3 heterocycles. The predicted molar refractivity (Wildman–Crippen MR) is 95.3 cm³/mol. The largest absolute Gasteiger partial charge is 0.396 e. The van der Waals surface area contributed by atoms with Gasteiger partial charge in [0.15, 0.2) is 0 Å². The fraction of sp³-hybridized carbons (Fsp3) is 0.444. The van der Waals surface area contributed by atoms with Crippen LogP contribution in [0.4, 0.5) is 14.5 Å². The lowest BCUT2D eigenvalue weighted by Crippen LogP contribution is -2.40. The van der Waals surface area contributed by atoms with Crippen LogP contribution in [-0.4, -0.2) is 39.6 Å². The Labute approximate surface area is 155 Å². The first-order chi connectivity index (χ1) is 12.4. The number of anilines is 1. The van der Waals surface area contributed by atoms with Gasteiger partial charge in [0.25, 0.3) is 0 Å². The summed E-state index contributed by atoms with van der Waals surface area (Å²) < 4.78 is 25.7. The Morgan fingerprint density at radius 1 is 1.31 bits per heavy atom. The van der Waals surface area contributed by atoms with Gasteiger partial charge in [-0.15, -0.1) is 0 Å². The van der Waals surface area contributed by atoms with Crippen molar-refractivity contribution in [2.24, 2.45) is 5.41 Å². The van der Waals surface area contributed by atoms with Gasteiger partial charge in [0.05, 0.1) is 23.0 Å². The lowest BCUT2D eigenvalue weighted by atomic mass is 9.81. The molecule has 0 saturated carbocycles. The fourth-order valence-corrected chi connectivity index (χ4v) is 3.02. The molecule has 0 aromatic carbocycles. The Morgan fingerprint density at radius 2 is 2.04 bits per heavy atom. The number of hydrogen-bond acceptors (Lipinski definition) is 4. The third-order valence-electron chi connectivity index (χ3n) is 4.68. The van der Waals surface area contributed by atoms with E-state index in [0.717, 1.165) is 31.6 Å². The number of aromatic nitrogens is 3. The third kappa shape index (κ3) is 4.14. The molecule has 2 aromatic rings. The number of piperidine rings is 1.